The van der Waals surface area contributed by atoms with Crippen LogP contribution in [0.15, 0.2) is 24.5 Å². The zero-order chi connectivity index (χ0) is 18.4. The third kappa shape index (κ3) is 4.83. The van der Waals surface area contributed by atoms with Crippen LogP contribution in [-0.2, 0) is 9.59 Å². The van der Waals surface area contributed by atoms with Crippen LogP contribution in [0.4, 0.5) is 8.78 Å². The van der Waals surface area contributed by atoms with Crippen LogP contribution in [0.1, 0.15) is 6.42 Å². The van der Waals surface area contributed by atoms with Crippen LogP contribution >= 0.6 is 0 Å². The van der Waals surface area contributed by atoms with Crippen LogP contribution in [0.5, 0.6) is 23.3 Å². The van der Waals surface area contributed by atoms with Crippen LogP contribution in [0.25, 0.3) is 0 Å². The second-order valence-electron chi connectivity index (χ2n) is 4.44. The Balaban J connectivity index is 2.00. The van der Waals surface area contributed by atoms with E-state index in [2.05, 4.69) is 9.97 Å². The average Bonchev–Trinajstić information content (AvgIpc) is 2.58. The van der Waals surface area contributed by atoms with Crippen molar-refractivity contribution < 1.29 is 37.3 Å². The highest BCUT2D eigenvalue weighted by molar-refractivity contribution is 5.93. The number of methoxy groups -OCH3 is 2. The molecule has 2 heterocycles. The van der Waals surface area contributed by atoms with Crippen LogP contribution in [0.2, 0.25) is 0 Å². The first kappa shape index (κ1) is 18.0. The maximum atomic E-state index is 13.5. The van der Waals surface area contributed by atoms with Crippen molar-refractivity contribution in [3.63, 3.8) is 0 Å². The first-order valence-corrected chi connectivity index (χ1v) is 6.73. The molecule has 0 saturated heterocycles. The van der Waals surface area contributed by atoms with Crippen LogP contribution in [0, 0.1) is 11.6 Å². The number of rotatable bonds is 6. The van der Waals surface area contributed by atoms with E-state index in [1.54, 1.807) is 0 Å². The molecule has 25 heavy (non-hydrogen) atoms. The first-order valence-electron chi connectivity index (χ1n) is 6.73. The summed E-state index contributed by atoms with van der Waals surface area (Å²) in [5, 5.41) is 0. The van der Waals surface area contributed by atoms with Gasteiger partial charge in [0.25, 0.3) is 0 Å². The number of aromatic nitrogens is 2. The van der Waals surface area contributed by atoms with Crippen molar-refractivity contribution >= 4 is 11.9 Å². The molecule has 0 spiro atoms. The summed E-state index contributed by atoms with van der Waals surface area (Å²) >= 11 is 0. The topological polar surface area (TPSA) is 96.8 Å². The maximum Gasteiger partial charge on any atom is 0.322 e. The molecule has 0 radical (unpaired) electrons. The van der Waals surface area contributed by atoms with Gasteiger partial charge in [-0.25, -0.2) is 18.7 Å². The lowest BCUT2D eigenvalue weighted by molar-refractivity contribution is -0.144. The van der Waals surface area contributed by atoms with Gasteiger partial charge in [0.15, 0.2) is 23.1 Å². The molecule has 0 atom stereocenters. The molecule has 0 aliphatic carbocycles. The fraction of sp³-hybridized carbons (Fsp3) is 0.200. The first-order chi connectivity index (χ1) is 11.9. The lowest BCUT2D eigenvalue weighted by Gasteiger charge is -2.08. The number of halogens is 2. The minimum Gasteiger partial charge on any atom is -0.481 e. The highest BCUT2D eigenvalue weighted by Crippen LogP contribution is 2.23. The summed E-state index contributed by atoms with van der Waals surface area (Å²) < 4.78 is 46.0. The van der Waals surface area contributed by atoms with E-state index in [0.29, 0.717) is 0 Å². The Labute approximate surface area is 140 Å². The number of carbonyl (C=O) groups is 2. The summed E-state index contributed by atoms with van der Waals surface area (Å²) in [6.45, 7) is 0. The van der Waals surface area contributed by atoms with E-state index in [1.165, 1.54) is 14.2 Å². The number of ether oxygens (including phenoxy) is 4. The van der Waals surface area contributed by atoms with Crippen molar-refractivity contribution in [1.82, 2.24) is 9.97 Å². The molecule has 10 heteroatoms. The van der Waals surface area contributed by atoms with Crippen molar-refractivity contribution in [2.24, 2.45) is 0 Å². The number of carbonyl (C=O) groups excluding carboxylic acids is 2. The molecular formula is C15H12F2N2O6. The molecule has 8 nitrogen and oxygen atoms in total. The van der Waals surface area contributed by atoms with Gasteiger partial charge < -0.3 is 18.9 Å². The van der Waals surface area contributed by atoms with Gasteiger partial charge in [0.1, 0.15) is 6.42 Å². The molecule has 0 aliphatic rings. The van der Waals surface area contributed by atoms with E-state index >= 15 is 0 Å². The number of hydrogen-bond donors (Lipinski definition) is 0. The third-order valence-electron chi connectivity index (χ3n) is 2.74. The van der Waals surface area contributed by atoms with Gasteiger partial charge in [-0.2, -0.15) is 0 Å². The van der Waals surface area contributed by atoms with E-state index in [1.807, 2.05) is 0 Å². The third-order valence-corrected chi connectivity index (χ3v) is 2.74. The standard InChI is InChI=1S/C15H12F2N2O6/c1-22-12-3-10(8(16)6-18-12)24-14(20)5-15(21)25-11-4-13(23-2)19-7-9(11)17/h3-4,6-7H,5H2,1-2H3. The van der Waals surface area contributed by atoms with Gasteiger partial charge >= 0.3 is 11.9 Å². The molecule has 0 aromatic carbocycles. The van der Waals surface area contributed by atoms with E-state index < -0.39 is 41.5 Å². The van der Waals surface area contributed by atoms with E-state index in [4.69, 9.17) is 18.9 Å². The molecule has 0 saturated carbocycles. The molecule has 0 unspecified atom stereocenters. The summed E-state index contributed by atoms with van der Waals surface area (Å²) in [6.07, 6.45) is 0.699. The van der Waals surface area contributed by atoms with Crippen LogP contribution < -0.4 is 18.9 Å². The average molecular weight is 354 g/mol. The van der Waals surface area contributed by atoms with E-state index in [9.17, 15) is 18.4 Å². The molecule has 132 valence electrons. The van der Waals surface area contributed by atoms with Gasteiger partial charge in [-0.15, -0.1) is 0 Å². The fourth-order valence-corrected chi connectivity index (χ4v) is 1.62. The largest absolute Gasteiger partial charge is 0.481 e. The lowest BCUT2D eigenvalue weighted by atomic mass is 10.4. The number of hydrogen-bond acceptors (Lipinski definition) is 8. The second kappa shape index (κ2) is 7.99. The number of esters is 2. The zero-order valence-electron chi connectivity index (χ0n) is 13.1. The van der Waals surface area contributed by atoms with Crippen molar-refractivity contribution in [2.45, 2.75) is 6.42 Å². The predicted molar refractivity (Wildman–Crippen MR) is 77.4 cm³/mol. The normalized spacial score (nSPS) is 10.1. The molecule has 0 amide bonds. The van der Waals surface area contributed by atoms with Gasteiger partial charge in [0.2, 0.25) is 11.8 Å². The smallest absolute Gasteiger partial charge is 0.322 e. The fourth-order valence-electron chi connectivity index (χ4n) is 1.62. The van der Waals surface area contributed by atoms with E-state index in [-0.39, 0.29) is 11.8 Å². The maximum absolute atomic E-state index is 13.5. The molecule has 2 aromatic rings. The van der Waals surface area contributed by atoms with Crippen molar-refractivity contribution in [2.75, 3.05) is 14.2 Å². The van der Waals surface area contributed by atoms with Gasteiger partial charge in [-0.3, -0.25) is 9.59 Å². The number of pyridine rings is 2. The lowest BCUT2D eigenvalue weighted by Crippen LogP contribution is -2.19. The molecule has 2 aromatic heterocycles. The van der Waals surface area contributed by atoms with Gasteiger partial charge in [0, 0.05) is 12.1 Å². The van der Waals surface area contributed by atoms with Crippen molar-refractivity contribution in [3.8, 4) is 23.3 Å². The minimum absolute atomic E-state index is 0.0118. The van der Waals surface area contributed by atoms with Gasteiger partial charge in [-0.1, -0.05) is 0 Å². The summed E-state index contributed by atoms with van der Waals surface area (Å²) in [7, 11) is 2.58. The Morgan fingerprint density at radius 1 is 0.880 bits per heavy atom. The predicted octanol–water partition coefficient (Wildman–Crippen LogP) is 1.67. The van der Waals surface area contributed by atoms with Gasteiger partial charge in [0.05, 0.1) is 26.6 Å². The Morgan fingerprint density at radius 3 is 1.64 bits per heavy atom. The Morgan fingerprint density at radius 2 is 1.28 bits per heavy atom. The highest BCUT2D eigenvalue weighted by Gasteiger charge is 2.18. The Bertz CT molecular complexity index is 734. The molecular weight excluding hydrogens is 342 g/mol. The summed E-state index contributed by atoms with van der Waals surface area (Å²) in [4.78, 5) is 30.5. The Kier molecular flexibility index (Phi) is 5.77. The minimum atomic E-state index is -1.11. The Hall–Kier alpha value is -3.30. The highest BCUT2D eigenvalue weighted by atomic mass is 19.1. The van der Waals surface area contributed by atoms with Crippen LogP contribution in [0.3, 0.4) is 0 Å². The molecule has 0 N–H and O–H groups in total. The van der Waals surface area contributed by atoms with Crippen molar-refractivity contribution in [1.29, 1.82) is 0 Å². The molecule has 0 fully saturated rings. The van der Waals surface area contributed by atoms with Gasteiger partial charge in [-0.05, 0) is 0 Å². The molecule has 0 aliphatic heterocycles. The summed E-state index contributed by atoms with van der Waals surface area (Å²) in [6, 6.07) is 2.07. The molecule has 2 rings (SSSR count). The summed E-state index contributed by atoms with van der Waals surface area (Å²) in [5.41, 5.74) is 0. The van der Waals surface area contributed by atoms with Crippen LogP contribution in [-0.4, -0.2) is 36.1 Å². The zero-order valence-corrected chi connectivity index (χ0v) is 13.1. The second-order valence-corrected chi connectivity index (χ2v) is 4.44. The van der Waals surface area contributed by atoms with Crippen molar-refractivity contribution in [3.05, 3.63) is 36.2 Å². The quantitative estimate of drug-likeness (QED) is 0.571. The van der Waals surface area contributed by atoms with E-state index in [0.717, 1.165) is 24.5 Å². The number of nitrogens with zero attached hydrogens (tertiary/aromatic N) is 2. The SMILES string of the molecule is COc1cc(OC(=O)CC(=O)Oc2cc(OC)ncc2F)c(F)cn1. The monoisotopic (exact) mass is 354 g/mol. The molecule has 0 bridgehead atoms. The summed E-state index contributed by atoms with van der Waals surface area (Å²) in [5.74, 6) is -4.99.